The number of hydrogen-bond acceptors (Lipinski definition) is 4. The van der Waals surface area contributed by atoms with Crippen molar-refractivity contribution in [1.82, 2.24) is 0 Å². The van der Waals surface area contributed by atoms with Crippen molar-refractivity contribution in [2.75, 3.05) is 12.9 Å². The highest BCUT2D eigenvalue weighted by Crippen LogP contribution is 2.26. The number of thioether (sulfide) groups is 1. The van der Waals surface area contributed by atoms with E-state index in [0.29, 0.717) is 0 Å². The first-order chi connectivity index (χ1) is 6.70. The molecule has 0 heterocycles. The maximum atomic E-state index is 9.80. The van der Waals surface area contributed by atoms with Crippen LogP contribution >= 0.6 is 11.8 Å². The number of aliphatic hydroxyl groups excluding tert-OH is 2. The molecule has 0 unspecified atom stereocenters. The van der Waals surface area contributed by atoms with Crippen molar-refractivity contribution in [3.63, 3.8) is 0 Å². The summed E-state index contributed by atoms with van der Waals surface area (Å²) in [6.45, 7) is -0.218. The molecule has 1 aromatic carbocycles. The lowest BCUT2D eigenvalue weighted by Gasteiger charge is -2.19. The van der Waals surface area contributed by atoms with Gasteiger partial charge in [0.05, 0.1) is 18.8 Å². The van der Waals surface area contributed by atoms with Gasteiger partial charge in [-0.05, 0) is 17.9 Å². The Morgan fingerprint density at radius 1 is 1.43 bits per heavy atom. The van der Waals surface area contributed by atoms with Gasteiger partial charge in [0.2, 0.25) is 0 Å². The van der Waals surface area contributed by atoms with E-state index in [0.717, 1.165) is 10.5 Å². The largest absolute Gasteiger partial charge is 0.395 e. The van der Waals surface area contributed by atoms with E-state index in [9.17, 15) is 5.11 Å². The lowest BCUT2D eigenvalue weighted by Crippen LogP contribution is -2.32. The monoisotopic (exact) mass is 213 g/mol. The Bertz CT molecular complexity index is 293. The average molecular weight is 213 g/mol. The minimum Gasteiger partial charge on any atom is -0.395 e. The normalized spacial score (nSPS) is 15.1. The van der Waals surface area contributed by atoms with Gasteiger partial charge in [0.25, 0.3) is 0 Å². The molecular formula is C10H15NO2S. The highest BCUT2D eigenvalue weighted by atomic mass is 32.2. The number of hydrogen-bond donors (Lipinski definition) is 3. The van der Waals surface area contributed by atoms with Gasteiger partial charge in [-0.15, -0.1) is 11.8 Å². The number of aliphatic hydroxyl groups is 2. The van der Waals surface area contributed by atoms with Crippen molar-refractivity contribution < 1.29 is 10.2 Å². The van der Waals surface area contributed by atoms with Gasteiger partial charge in [-0.2, -0.15) is 0 Å². The van der Waals surface area contributed by atoms with E-state index in [2.05, 4.69) is 0 Å². The molecule has 14 heavy (non-hydrogen) atoms. The Hall–Kier alpha value is -0.550. The quantitative estimate of drug-likeness (QED) is 0.646. The molecule has 0 amide bonds. The van der Waals surface area contributed by atoms with Gasteiger partial charge in [0.15, 0.2) is 0 Å². The maximum absolute atomic E-state index is 9.80. The fourth-order valence-electron chi connectivity index (χ4n) is 1.24. The van der Waals surface area contributed by atoms with Crippen LogP contribution in [0.4, 0.5) is 0 Å². The van der Waals surface area contributed by atoms with Gasteiger partial charge in [-0.1, -0.05) is 18.2 Å². The molecule has 78 valence electrons. The molecule has 0 aliphatic rings. The van der Waals surface area contributed by atoms with Gasteiger partial charge in [0, 0.05) is 4.90 Å². The van der Waals surface area contributed by atoms with Gasteiger partial charge in [-0.25, -0.2) is 0 Å². The molecule has 4 N–H and O–H groups in total. The molecule has 0 bridgehead atoms. The van der Waals surface area contributed by atoms with E-state index >= 15 is 0 Å². The van der Waals surface area contributed by atoms with Gasteiger partial charge >= 0.3 is 0 Å². The summed E-state index contributed by atoms with van der Waals surface area (Å²) in [5.74, 6) is 0. The summed E-state index contributed by atoms with van der Waals surface area (Å²) in [4.78, 5) is 0.990. The van der Waals surface area contributed by atoms with Gasteiger partial charge < -0.3 is 15.9 Å². The minimum absolute atomic E-state index is 0.218. The topological polar surface area (TPSA) is 66.5 Å². The van der Waals surface area contributed by atoms with Crippen molar-refractivity contribution in [2.45, 2.75) is 17.0 Å². The molecule has 0 radical (unpaired) electrons. The molecule has 0 aromatic heterocycles. The fourth-order valence-corrected chi connectivity index (χ4v) is 1.88. The van der Waals surface area contributed by atoms with Crippen LogP contribution in [0.25, 0.3) is 0 Å². The van der Waals surface area contributed by atoms with E-state index in [4.69, 9.17) is 10.8 Å². The van der Waals surface area contributed by atoms with Crippen molar-refractivity contribution in [1.29, 1.82) is 0 Å². The Morgan fingerprint density at radius 3 is 2.64 bits per heavy atom. The summed E-state index contributed by atoms with van der Waals surface area (Å²) in [6, 6.07) is 6.89. The minimum atomic E-state index is -0.802. The molecule has 0 spiro atoms. The highest BCUT2D eigenvalue weighted by Gasteiger charge is 2.18. The zero-order chi connectivity index (χ0) is 10.6. The first-order valence-corrected chi connectivity index (χ1v) is 5.60. The third kappa shape index (κ3) is 2.48. The molecule has 4 heteroatoms. The van der Waals surface area contributed by atoms with Crippen LogP contribution < -0.4 is 5.73 Å². The lowest BCUT2D eigenvalue weighted by molar-refractivity contribution is 0.107. The summed E-state index contributed by atoms with van der Waals surface area (Å²) < 4.78 is 0. The first kappa shape index (κ1) is 11.5. The van der Waals surface area contributed by atoms with E-state index in [-0.39, 0.29) is 6.61 Å². The predicted molar refractivity (Wildman–Crippen MR) is 58.2 cm³/mol. The summed E-state index contributed by atoms with van der Waals surface area (Å²) in [6.07, 6.45) is 1.14. The summed E-state index contributed by atoms with van der Waals surface area (Å²) in [7, 11) is 0. The first-order valence-electron chi connectivity index (χ1n) is 4.38. The van der Waals surface area contributed by atoms with Crippen molar-refractivity contribution >= 4 is 11.8 Å². The van der Waals surface area contributed by atoms with Crippen LogP contribution in [-0.2, 0) is 0 Å². The molecule has 0 saturated heterocycles. The molecule has 2 atom stereocenters. The molecule has 1 aromatic rings. The van der Waals surface area contributed by atoms with Gasteiger partial charge in [0.1, 0.15) is 0 Å². The molecule has 0 saturated carbocycles. The molecular weight excluding hydrogens is 198 g/mol. The third-order valence-corrected chi connectivity index (χ3v) is 2.89. The second kappa shape index (κ2) is 5.36. The molecule has 0 aliphatic carbocycles. The average Bonchev–Trinajstić information content (AvgIpc) is 2.26. The summed E-state index contributed by atoms with van der Waals surface area (Å²) in [5.41, 5.74) is 6.34. The van der Waals surface area contributed by atoms with Crippen LogP contribution in [0.15, 0.2) is 29.2 Å². The molecule has 1 rings (SSSR count). The molecule has 0 fully saturated rings. The van der Waals surface area contributed by atoms with E-state index < -0.39 is 12.1 Å². The number of rotatable bonds is 4. The van der Waals surface area contributed by atoms with Crippen LogP contribution in [0, 0.1) is 0 Å². The number of nitrogens with two attached hydrogens (primary N) is 1. The molecule has 0 aliphatic heterocycles. The summed E-state index contributed by atoms with van der Waals surface area (Å²) >= 11 is 1.55. The third-order valence-electron chi connectivity index (χ3n) is 2.07. The van der Waals surface area contributed by atoms with Crippen LogP contribution in [0.2, 0.25) is 0 Å². The Kier molecular flexibility index (Phi) is 4.41. The standard InChI is InChI=1S/C10H15NO2S/c1-14-9-5-3-2-4-7(9)10(13)8(11)6-12/h2-5,8,10,12-13H,6,11H2,1H3/t8-,10+/m1/s1. The zero-order valence-corrected chi connectivity index (χ0v) is 8.87. The van der Waals surface area contributed by atoms with Crippen LogP contribution in [0.3, 0.4) is 0 Å². The van der Waals surface area contributed by atoms with Crippen LogP contribution in [0.1, 0.15) is 11.7 Å². The van der Waals surface area contributed by atoms with Crippen LogP contribution in [0.5, 0.6) is 0 Å². The maximum Gasteiger partial charge on any atom is 0.0974 e. The molecule has 3 nitrogen and oxygen atoms in total. The van der Waals surface area contributed by atoms with Crippen molar-refractivity contribution in [2.24, 2.45) is 5.73 Å². The van der Waals surface area contributed by atoms with E-state index in [1.165, 1.54) is 0 Å². The number of benzene rings is 1. The van der Waals surface area contributed by atoms with E-state index in [1.807, 2.05) is 30.5 Å². The van der Waals surface area contributed by atoms with E-state index in [1.54, 1.807) is 11.8 Å². The van der Waals surface area contributed by atoms with Crippen LogP contribution in [-0.4, -0.2) is 29.1 Å². The Labute approximate surface area is 87.9 Å². The highest BCUT2D eigenvalue weighted by molar-refractivity contribution is 7.98. The Balaban J connectivity index is 2.93. The SMILES string of the molecule is CSc1ccccc1[C@H](O)[C@H](N)CO. The van der Waals surface area contributed by atoms with Crippen molar-refractivity contribution in [3.05, 3.63) is 29.8 Å². The van der Waals surface area contributed by atoms with Crippen molar-refractivity contribution in [3.8, 4) is 0 Å². The second-order valence-corrected chi connectivity index (χ2v) is 3.88. The Morgan fingerprint density at radius 2 is 2.07 bits per heavy atom. The summed E-state index contributed by atoms with van der Waals surface area (Å²) in [5, 5.41) is 18.6. The zero-order valence-electron chi connectivity index (χ0n) is 8.05. The van der Waals surface area contributed by atoms with Gasteiger partial charge in [-0.3, -0.25) is 0 Å². The predicted octanol–water partition coefficient (Wildman–Crippen LogP) is 0.762. The lowest BCUT2D eigenvalue weighted by atomic mass is 10.0. The second-order valence-electron chi connectivity index (χ2n) is 3.03. The fraction of sp³-hybridized carbons (Fsp3) is 0.400. The smallest absolute Gasteiger partial charge is 0.0974 e.